The van der Waals surface area contributed by atoms with Crippen LogP contribution in [0.15, 0.2) is 30.3 Å². The normalized spacial score (nSPS) is 15.3. The standard InChI is InChI=1S/C17H20FN3O2/c18-13-6-5-7-15(10-13)23-12-14-11-16(20-19-14)17(22)21-8-3-1-2-4-9-21/h5-7,10-11H,1-4,8-9,12H2,(H,19,20). The Morgan fingerprint density at radius 3 is 2.74 bits per heavy atom. The van der Waals surface area contributed by atoms with Gasteiger partial charge < -0.3 is 9.64 Å². The Bertz CT molecular complexity index is 663. The molecule has 0 bridgehead atoms. The van der Waals surface area contributed by atoms with E-state index in [0.717, 1.165) is 25.9 Å². The van der Waals surface area contributed by atoms with Gasteiger partial charge in [0.1, 0.15) is 18.2 Å². The molecule has 122 valence electrons. The van der Waals surface area contributed by atoms with Gasteiger partial charge in [0, 0.05) is 19.2 Å². The fourth-order valence-electron chi connectivity index (χ4n) is 2.70. The first kappa shape index (κ1) is 15.5. The smallest absolute Gasteiger partial charge is 0.274 e. The lowest BCUT2D eigenvalue weighted by Crippen LogP contribution is -2.32. The van der Waals surface area contributed by atoms with Crippen molar-refractivity contribution < 1.29 is 13.9 Å². The molecule has 0 spiro atoms. The van der Waals surface area contributed by atoms with Gasteiger partial charge in [-0.25, -0.2) is 4.39 Å². The molecule has 2 heterocycles. The van der Waals surface area contributed by atoms with Crippen LogP contribution in [0.1, 0.15) is 41.9 Å². The van der Waals surface area contributed by atoms with E-state index >= 15 is 0 Å². The van der Waals surface area contributed by atoms with E-state index in [0.29, 0.717) is 17.1 Å². The van der Waals surface area contributed by atoms with E-state index < -0.39 is 0 Å². The van der Waals surface area contributed by atoms with E-state index in [1.165, 1.54) is 25.0 Å². The maximum atomic E-state index is 13.1. The number of rotatable bonds is 4. The summed E-state index contributed by atoms with van der Waals surface area (Å²) in [4.78, 5) is 14.3. The Labute approximate surface area is 134 Å². The first-order chi connectivity index (χ1) is 11.2. The van der Waals surface area contributed by atoms with Gasteiger partial charge >= 0.3 is 0 Å². The average Bonchev–Trinajstić information content (AvgIpc) is 2.86. The van der Waals surface area contributed by atoms with Crippen LogP contribution in [0.25, 0.3) is 0 Å². The van der Waals surface area contributed by atoms with Crippen LogP contribution >= 0.6 is 0 Å². The van der Waals surface area contributed by atoms with Crippen molar-refractivity contribution in [2.75, 3.05) is 13.1 Å². The predicted octanol–water partition coefficient (Wildman–Crippen LogP) is 3.14. The molecule has 0 atom stereocenters. The number of carbonyl (C=O) groups excluding carboxylic acids is 1. The molecule has 1 amide bonds. The number of likely N-dealkylation sites (tertiary alicyclic amines) is 1. The molecular weight excluding hydrogens is 297 g/mol. The van der Waals surface area contributed by atoms with E-state index in [1.807, 2.05) is 4.90 Å². The van der Waals surface area contributed by atoms with Crippen LogP contribution < -0.4 is 4.74 Å². The lowest BCUT2D eigenvalue weighted by molar-refractivity contribution is 0.0755. The number of nitrogens with zero attached hydrogens (tertiary/aromatic N) is 2. The first-order valence-electron chi connectivity index (χ1n) is 7.94. The first-order valence-corrected chi connectivity index (χ1v) is 7.94. The van der Waals surface area contributed by atoms with Gasteiger partial charge in [0.05, 0.1) is 5.69 Å². The molecule has 1 aliphatic rings. The Hall–Kier alpha value is -2.37. The zero-order valence-corrected chi connectivity index (χ0v) is 12.9. The van der Waals surface area contributed by atoms with Gasteiger partial charge in [-0.3, -0.25) is 9.89 Å². The highest BCUT2D eigenvalue weighted by Crippen LogP contribution is 2.15. The maximum Gasteiger partial charge on any atom is 0.274 e. The zero-order valence-electron chi connectivity index (χ0n) is 12.9. The van der Waals surface area contributed by atoms with Gasteiger partial charge in [-0.1, -0.05) is 18.9 Å². The summed E-state index contributed by atoms with van der Waals surface area (Å²) in [6.07, 6.45) is 4.45. The van der Waals surface area contributed by atoms with E-state index in [-0.39, 0.29) is 18.3 Å². The molecule has 1 N–H and O–H groups in total. The van der Waals surface area contributed by atoms with Crippen molar-refractivity contribution in [2.45, 2.75) is 32.3 Å². The number of carbonyl (C=O) groups is 1. The average molecular weight is 317 g/mol. The van der Waals surface area contributed by atoms with E-state index in [4.69, 9.17) is 4.74 Å². The second-order valence-corrected chi connectivity index (χ2v) is 5.73. The quantitative estimate of drug-likeness (QED) is 0.942. The van der Waals surface area contributed by atoms with Crippen molar-refractivity contribution in [3.8, 4) is 5.75 Å². The van der Waals surface area contributed by atoms with Crippen LogP contribution in [0.2, 0.25) is 0 Å². The van der Waals surface area contributed by atoms with Crippen molar-refractivity contribution >= 4 is 5.91 Å². The number of aromatic nitrogens is 2. The summed E-state index contributed by atoms with van der Waals surface area (Å²) < 4.78 is 18.6. The lowest BCUT2D eigenvalue weighted by atomic mass is 10.2. The Morgan fingerprint density at radius 2 is 2.00 bits per heavy atom. The van der Waals surface area contributed by atoms with Crippen molar-refractivity contribution in [3.05, 3.63) is 47.5 Å². The van der Waals surface area contributed by atoms with Crippen LogP contribution in [-0.4, -0.2) is 34.1 Å². The summed E-state index contributed by atoms with van der Waals surface area (Å²) in [5.41, 5.74) is 1.09. The highest BCUT2D eigenvalue weighted by atomic mass is 19.1. The summed E-state index contributed by atoms with van der Waals surface area (Å²) in [6, 6.07) is 7.65. The molecular formula is C17H20FN3O2. The molecule has 0 radical (unpaired) electrons. The van der Waals surface area contributed by atoms with Crippen LogP contribution in [0.3, 0.4) is 0 Å². The highest BCUT2D eigenvalue weighted by molar-refractivity contribution is 5.92. The number of halogens is 1. The van der Waals surface area contributed by atoms with Crippen molar-refractivity contribution in [1.82, 2.24) is 15.1 Å². The summed E-state index contributed by atoms with van der Waals surface area (Å²) in [5, 5.41) is 6.89. The number of hydrogen-bond acceptors (Lipinski definition) is 3. The van der Waals surface area contributed by atoms with E-state index in [9.17, 15) is 9.18 Å². The van der Waals surface area contributed by atoms with Crippen molar-refractivity contribution in [3.63, 3.8) is 0 Å². The van der Waals surface area contributed by atoms with Gasteiger partial charge in [-0.05, 0) is 31.0 Å². The molecule has 5 nitrogen and oxygen atoms in total. The van der Waals surface area contributed by atoms with Crippen LogP contribution in [0, 0.1) is 5.82 Å². The maximum absolute atomic E-state index is 13.1. The minimum atomic E-state index is -0.343. The molecule has 0 aliphatic carbocycles. The number of hydrogen-bond donors (Lipinski definition) is 1. The minimum Gasteiger partial charge on any atom is -0.487 e. The third kappa shape index (κ3) is 4.09. The molecule has 0 unspecified atom stereocenters. The van der Waals surface area contributed by atoms with Crippen LogP contribution in [0.4, 0.5) is 4.39 Å². The van der Waals surface area contributed by atoms with Crippen LogP contribution in [-0.2, 0) is 6.61 Å². The molecule has 2 aromatic rings. The molecule has 0 saturated carbocycles. The number of benzene rings is 1. The molecule has 1 aromatic heterocycles. The fourth-order valence-corrected chi connectivity index (χ4v) is 2.70. The summed E-state index contributed by atoms with van der Waals surface area (Å²) >= 11 is 0. The van der Waals surface area contributed by atoms with Crippen molar-refractivity contribution in [2.24, 2.45) is 0 Å². The van der Waals surface area contributed by atoms with Gasteiger partial charge in [0.15, 0.2) is 5.69 Å². The molecule has 6 heteroatoms. The summed E-state index contributed by atoms with van der Waals surface area (Å²) in [6.45, 7) is 1.80. The highest BCUT2D eigenvalue weighted by Gasteiger charge is 2.19. The monoisotopic (exact) mass is 317 g/mol. The largest absolute Gasteiger partial charge is 0.487 e. The third-order valence-corrected chi connectivity index (χ3v) is 3.93. The number of H-pyrrole nitrogens is 1. The molecule has 1 aromatic carbocycles. The molecule has 1 saturated heterocycles. The predicted molar refractivity (Wildman–Crippen MR) is 83.7 cm³/mol. The SMILES string of the molecule is O=C(c1cc(COc2cccc(F)c2)[nH]n1)N1CCCCCC1. The van der Waals surface area contributed by atoms with Crippen LogP contribution in [0.5, 0.6) is 5.75 Å². The van der Waals surface area contributed by atoms with Crippen molar-refractivity contribution in [1.29, 1.82) is 0 Å². The Balaban J connectivity index is 1.60. The number of ether oxygens (including phenoxy) is 1. The Morgan fingerprint density at radius 1 is 1.22 bits per heavy atom. The summed E-state index contributed by atoms with van der Waals surface area (Å²) in [5.74, 6) is 0.0595. The molecule has 1 fully saturated rings. The summed E-state index contributed by atoms with van der Waals surface area (Å²) in [7, 11) is 0. The van der Waals surface area contributed by atoms with Gasteiger partial charge in [-0.15, -0.1) is 0 Å². The lowest BCUT2D eigenvalue weighted by Gasteiger charge is -2.18. The second kappa shape index (κ2) is 7.26. The van der Waals surface area contributed by atoms with Gasteiger partial charge in [0.2, 0.25) is 0 Å². The molecule has 3 rings (SSSR count). The molecule has 23 heavy (non-hydrogen) atoms. The number of nitrogens with one attached hydrogen (secondary N) is 1. The van der Waals surface area contributed by atoms with Gasteiger partial charge in [0.25, 0.3) is 5.91 Å². The molecule has 1 aliphatic heterocycles. The van der Waals surface area contributed by atoms with Gasteiger partial charge in [-0.2, -0.15) is 5.10 Å². The fraction of sp³-hybridized carbons (Fsp3) is 0.412. The third-order valence-electron chi connectivity index (χ3n) is 3.93. The number of aromatic amines is 1. The Kier molecular flexibility index (Phi) is 4.90. The second-order valence-electron chi connectivity index (χ2n) is 5.73. The minimum absolute atomic E-state index is 0.0415. The van der Waals surface area contributed by atoms with E-state index in [2.05, 4.69) is 10.2 Å². The van der Waals surface area contributed by atoms with E-state index in [1.54, 1.807) is 18.2 Å². The zero-order chi connectivity index (χ0) is 16.1. The topological polar surface area (TPSA) is 58.2 Å². The number of amides is 1.